The number of aryl methyl sites for hydroxylation is 1. The molecule has 19 heavy (non-hydrogen) atoms. The van der Waals surface area contributed by atoms with E-state index in [9.17, 15) is 4.79 Å². The zero-order valence-corrected chi connectivity index (χ0v) is 12.6. The van der Waals surface area contributed by atoms with Gasteiger partial charge in [-0.2, -0.15) is 0 Å². The van der Waals surface area contributed by atoms with Gasteiger partial charge in [-0.05, 0) is 26.2 Å². The van der Waals surface area contributed by atoms with Crippen molar-refractivity contribution in [2.45, 2.75) is 58.0 Å². The Bertz CT molecular complexity index is 442. The van der Waals surface area contributed by atoms with Crippen LogP contribution in [0.15, 0.2) is 6.20 Å². The number of nitrogens with zero attached hydrogens (tertiary/aromatic N) is 1. The van der Waals surface area contributed by atoms with Crippen molar-refractivity contribution < 1.29 is 4.79 Å². The first-order chi connectivity index (χ1) is 9.03. The number of rotatable bonds is 4. The van der Waals surface area contributed by atoms with Gasteiger partial charge in [-0.15, -0.1) is 11.3 Å². The lowest BCUT2D eigenvalue weighted by Gasteiger charge is -2.37. The van der Waals surface area contributed by atoms with Crippen molar-refractivity contribution in [2.75, 3.05) is 0 Å². The van der Waals surface area contributed by atoms with Gasteiger partial charge < -0.3 is 11.1 Å². The molecule has 0 aliphatic heterocycles. The highest BCUT2D eigenvalue weighted by atomic mass is 32.1. The minimum atomic E-state index is -0.361. The van der Waals surface area contributed by atoms with Crippen LogP contribution < -0.4 is 11.1 Å². The van der Waals surface area contributed by atoms with Crippen molar-refractivity contribution in [1.29, 1.82) is 0 Å². The average molecular weight is 281 g/mol. The summed E-state index contributed by atoms with van der Waals surface area (Å²) in [6.07, 6.45) is 6.94. The molecule has 0 spiro atoms. The summed E-state index contributed by atoms with van der Waals surface area (Å²) in [7, 11) is 0. The Morgan fingerprint density at radius 1 is 1.63 bits per heavy atom. The largest absolute Gasteiger partial charge is 0.349 e. The maximum absolute atomic E-state index is 12.2. The summed E-state index contributed by atoms with van der Waals surface area (Å²) in [6.45, 7) is 4.63. The number of nitrogens with one attached hydrogen (secondary N) is 1. The summed E-state index contributed by atoms with van der Waals surface area (Å²) in [5.74, 6) is 0.0183. The normalized spacial score (nSPS) is 27.2. The fourth-order valence-corrected chi connectivity index (χ4v) is 3.47. The Balaban J connectivity index is 1.90. The van der Waals surface area contributed by atoms with E-state index in [1.807, 2.05) is 13.1 Å². The lowest BCUT2D eigenvalue weighted by molar-refractivity contribution is -0.128. The molecule has 1 fully saturated rings. The second-order valence-electron chi connectivity index (χ2n) is 5.60. The van der Waals surface area contributed by atoms with E-state index in [-0.39, 0.29) is 17.4 Å². The summed E-state index contributed by atoms with van der Waals surface area (Å²) in [6, 6.07) is 0. The number of aromatic nitrogens is 1. The molecule has 0 saturated heterocycles. The minimum Gasteiger partial charge on any atom is -0.349 e. The Kier molecular flexibility index (Phi) is 4.58. The highest BCUT2D eigenvalue weighted by molar-refractivity contribution is 7.11. The van der Waals surface area contributed by atoms with Gasteiger partial charge in [0.05, 0.1) is 12.5 Å². The van der Waals surface area contributed by atoms with Gasteiger partial charge in [-0.1, -0.05) is 19.8 Å². The predicted molar refractivity (Wildman–Crippen MR) is 77.9 cm³/mol. The minimum absolute atomic E-state index is 0.0631. The summed E-state index contributed by atoms with van der Waals surface area (Å²) < 4.78 is 0. The lowest BCUT2D eigenvalue weighted by atomic mass is 9.74. The van der Waals surface area contributed by atoms with Crippen LogP contribution in [0.25, 0.3) is 0 Å². The third-order valence-corrected chi connectivity index (χ3v) is 5.08. The number of amides is 1. The second kappa shape index (κ2) is 6.01. The highest BCUT2D eigenvalue weighted by Crippen LogP contribution is 2.31. The summed E-state index contributed by atoms with van der Waals surface area (Å²) in [4.78, 5) is 17.8. The van der Waals surface area contributed by atoms with Gasteiger partial charge in [-0.3, -0.25) is 4.79 Å². The van der Waals surface area contributed by atoms with Gasteiger partial charge in [0.1, 0.15) is 5.01 Å². The number of hydrogen-bond acceptors (Lipinski definition) is 4. The van der Waals surface area contributed by atoms with E-state index in [1.165, 1.54) is 4.88 Å². The van der Waals surface area contributed by atoms with Gasteiger partial charge in [0.2, 0.25) is 5.91 Å². The van der Waals surface area contributed by atoms with E-state index < -0.39 is 0 Å². The standard InChI is InChI=1S/C14H23N3OS/c1-3-10-8-16-12(19-10)9-17-13(18)11-6-4-5-7-14(11,2)15/h8,11H,3-7,9,15H2,1-2H3,(H,17,18). The van der Waals surface area contributed by atoms with Crippen LogP contribution in [0.1, 0.15) is 49.4 Å². The molecule has 0 aromatic carbocycles. The van der Waals surface area contributed by atoms with E-state index in [4.69, 9.17) is 5.73 Å². The maximum atomic E-state index is 12.2. The molecule has 1 aromatic rings. The third-order valence-electron chi connectivity index (χ3n) is 3.93. The van der Waals surface area contributed by atoms with Gasteiger partial charge in [0.25, 0.3) is 0 Å². The molecule has 0 bridgehead atoms. The van der Waals surface area contributed by atoms with Gasteiger partial charge in [-0.25, -0.2) is 4.98 Å². The molecule has 1 aromatic heterocycles. The van der Waals surface area contributed by atoms with Crippen LogP contribution in [0, 0.1) is 5.92 Å². The number of carbonyl (C=O) groups is 1. The first-order valence-electron chi connectivity index (χ1n) is 7.03. The molecular formula is C14H23N3OS. The quantitative estimate of drug-likeness (QED) is 0.889. The van der Waals surface area contributed by atoms with Crippen LogP contribution in [0.3, 0.4) is 0 Å². The van der Waals surface area contributed by atoms with Gasteiger partial charge >= 0.3 is 0 Å². The molecule has 106 valence electrons. The summed E-state index contributed by atoms with van der Waals surface area (Å²) in [5.41, 5.74) is 5.88. The van der Waals surface area contributed by atoms with Crippen LogP contribution >= 0.6 is 11.3 Å². The Morgan fingerprint density at radius 2 is 2.42 bits per heavy atom. The molecule has 4 nitrogen and oxygen atoms in total. The fourth-order valence-electron chi connectivity index (χ4n) is 2.67. The molecule has 0 radical (unpaired) electrons. The van der Waals surface area contributed by atoms with E-state index in [1.54, 1.807) is 11.3 Å². The van der Waals surface area contributed by atoms with Crippen LogP contribution in [-0.4, -0.2) is 16.4 Å². The molecule has 5 heteroatoms. The Morgan fingerprint density at radius 3 is 3.05 bits per heavy atom. The SMILES string of the molecule is CCc1cnc(CNC(=O)C2CCCCC2(C)N)s1. The molecule has 2 atom stereocenters. The number of nitrogens with two attached hydrogens (primary N) is 1. The summed E-state index contributed by atoms with van der Waals surface area (Å²) in [5, 5.41) is 3.96. The van der Waals surface area contributed by atoms with Gasteiger partial charge in [0.15, 0.2) is 0 Å². The molecule has 1 aliphatic carbocycles. The monoisotopic (exact) mass is 281 g/mol. The second-order valence-corrected chi connectivity index (χ2v) is 6.80. The van der Waals surface area contributed by atoms with Gasteiger partial charge in [0, 0.05) is 16.6 Å². The fraction of sp³-hybridized carbons (Fsp3) is 0.714. The van der Waals surface area contributed by atoms with Crippen molar-refractivity contribution in [3.63, 3.8) is 0 Å². The van der Waals surface area contributed by atoms with E-state index in [2.05, 4.69) is 17.2 Å². The van der Waals surface area contributed by atoms with Crippen molar-refractivity contribution in [1.82, 2.24) is 10.3 Å². The van der Waals surface area contributed by atoms with Crippen molar-refractivity contribution in [3.8, 4) is 0 Å². The van der Waals surface area contributed by atoms with Crippen LogP contribution in [0.2, 0.25) is 0 Å². The predicted octanol–water partition coefficient (Wildman–Crippen LogP) is 2.23. The smallest absolute Gasteiger partial charge is 0.225 e. The lowest BCUT2D eigenvalue weighted by Crippen LogP contribution is -2.52. The molecule has 2 unspecified atom stereocenters. The number of hydrogen-bond donors (Lipinski definition) is 2. The topological polar surface area (TPSA) is 68.0 Å². The Hall–Kier alpha value is -0.940. The number of thiazole rings is 1. The number of carbonyl (C=O) groups excluding carboxylic acids is 1. The molecule has 1 saturated carbocycles. The molecule has 3 N–H and O–H groups in total. The zero-order chi connectivity index (χ0) is 13.9. The molecule has 2 rings (SSSR count). The van der Waals surface area contributed by atoms with E-state index >= 15 is 0 Å². The molecule has 1 amide bonds. The maximum Gasteiger partial charge on any atom is 0.225 e. The molecule has 1 aliphatic rings. The van der Waals surface area contributed by atoms with Crippen molar-refractivity contribution in [3.05, 3.63) is 16.1 Å². The molecule has 1 heterocycles. The van der Waals surface area contributed by atoms with Crippen molar-refractivity contribution >= 4 is 17.2 Å². The third kappa shape index (κ3) is 3.54. The van der Waals surface area contributed by atoms with Crippen LogP contribution in [0.5, 0.6) is 0 Å². The average Bonchev–Trinajstić information content (AvgIpc) is 2.83. The van der Waals surface area contributed by atoms with E-state index in [0.29, 0.717) is 6.54 Å². The first-order valence-corrected chi connectivity index (χ1v) is 7.84. The Labute approximate surface area is 118 Å². The van der Waals surface area contributed by atoms with E-state index in [0.717, 1.165) is 37.1 Å². The van der Waals surface area contributed by atoms with Crippen molar-refractivity contribution in [2.24, 2.45) is 11.7 Å². The summed E-state index contributed by atoms with van der Waals surface area (Å²) >= 11 is 1.66. The highest BCUT2D eigenvalue weighted by Gasteiger charge is 2.37. The molecular weight excluding hydrogens is 258 g/mol. The van der Waals surface area contributed by atoms with Crippen LogP contribution in [0.4, 0.5) is 0 Å². The van der Waals surface area contributed by atoms with Crippen LogP contribution in [-0.2, 0) is 17.8 Å². The first kappa shape index (κ1) is 14.5. The zero-order valence-electron chi connectivity index (χ0n) is 11.7.